The molecule has 5 rings (SSSR count). The molecule has 3 heterocycles. The van der Waals surface area contributed by atoms with Crippen molar-refractivity contribution in [1.29, 1.82) is 0 Å². The fourth-order valence-electron chi connectivity index (χ4n) is 5.26. The summed E-state index contributed by atoms with van der Waals surface area (Å²) < 4.78 is 0. The summed E-state index contributed by atoms with van der Waals surface area (Å²) in [5.74, 6) is -1.65. The molecule has 1 N–H and O–H groups in total. The molecular formula is C24H20N4O4. The summed E-state index contributed by atoms with van der Waals surface area (Å²) in [6.07, 6.45) is 3.09. The molecule has 8 nitrogen and oxygen atoms in total. The van der Waals surface area contributed by atoms with Crippen LogP contribution >= 0.6 is 0 Å². The Bertz CT molecular complexity index is 1250. The van der Waals surface area contributed by atoms with Crippen LogP contribution in [0.3, 0.4) is 0 Å². The van der Waals surface area contributed by atoms with E-state index in [1.807, 2.05) is 36.2 Å². The molecule has 1 saturated heterocycles. The fourth-order valence-corrected chi connectivity index (χ4v) is 5.26. The summed E-state index contributed by atoms with van der Waals surface area (Å²) in [6, 6.07) is 17.0. The molecule has 160 valence electrons. The second-order valence-electron chi connectivity index (χ2n) is 8.18. The topological polar surface area (TPSA) is 105 Å². The van der Waals surface area contributed by atoms with Crippen LogP contribution in [0.1, 0.15) is 27.4 Å². The van der Waals surface area contributed by atoms with Crippen LogP contribution in [-0.2, 0) is 10.3 Å². The quantitative estimate of drug-likeness (QED) is 0.388. The van der Waals surface area contributed by atoms with E-state index in [0.717, 1.165) is 5.56 Å². The number of pyridine rings is 1. The number of rotatable bonds is 4. The van der Waals surface area contributed by atoms with Crippen LogP contribution in [0.2, 0.25) is 0 Å². The molecule has 2 aliphatic heterocycles. The Morgan fingerprint density at radius 2 is 1.91 bits per heavy atom. The number of nitro benzene ring substituents is 1. The number of likely N-dealkylation sites (tertiary alicyclic amines) is 1. The van der Waals surface area contributed by atoms with Crippen molar-refractivity contribution in [2.75, 3.05) is 18.9 Å². The monoisotopic (exact) mass is 428 g/mol. The van der Waals surface area contributed by atoms with Crippen LogP contribution < -0.4 is 5.32 Å². The van der Waals surface area contributed by atoms with Crippen LogP contribution in [0.5, 0.6) is 0 Å². The smallest absolute Gasteiger partial charge is 0.269 e. The Labute approximate surface area is 184 Å². The number of hydrogen-bond donors (Lipinski definition) is 1. The highest BCUT2D eigenvalue weighted by molar-refractivity contribution is 6.12. The summed E-state index contributed by atoms with van der Waals surface area (Å²) in [5.41, 5.74) is 1.27. The van der Waals surface area contributed by atoms with Crippen LogP contribution in [0, 0.1) is 16.0 Å². The Morgan fingerprint density at radius 3 is 2.66 bits per heavy atom. The van der Waals surface area contributed by atoms with Gasteiger partial charge >= 0.3 is 0 Å². The molecule has 1 aromatic heterocycles. The first kappa shape index (κ1) is 20.0. The second kappa shape index (κ2) is 7.35. The van der Waals surface area contributed by atoms with Crippen molar-refractivity contribution in [3.8, 4) is 0 Å². The molecule has 2 aliphatic rings. The average molecular weight is 428 g/mol. The maximum atomic E-state index is 13.9. The molecule has 3 aromatic rings. The van der Waals surface area contributed by atoms with Crippen LogP contribution in [0.25, 0.3) is 0 Å². The summed E-state index contributed by atoms with van der Waals surface area (Å²) in [6.45, 7) is 0.393. The number of amides is 1. The molecule has 32 heavy (non-hydrogen) atoms. The van der Waals surface area contributed by atoms with E-state index in [4.69, 9.17) is 0 Å². The van der Waals surface area contributed by atoms with Gasteiger partial charge in [0.1, 0.15) is 5.54 Å². The number of non-ortho nitro benzene ring substituents is 1. The van der Waals surface area contributed by atoms with E-state index in [1.165, 1.54) is 12.1 Å². The van der Waals surface area contributed by atoms with Crippen molar-refractivity contribution in [1.82, 2.24) is 9.88 Å². The predicted octanol–water partition coefficient (Wildman–Crippen LogP) is 3.37. The summed E-state index contributed by atoms with van der Waals surface area (Å²) in [4.78, 5) is 44.3. The highest BCUT2D eigenvalue weighted by Gasteiger charge is 2.64. The van der Waals surface area contributed by atoms with Gasteiger partial charge in [-0.2, -0.15) is 0 Å². The number of para-hydroxylation sites is 1. The van der Waals surface area contributed by atoms with Gasteiger partial charge in [0.25, 0.3) is 5.69 Å². The Morgan fingerprint density at radius 1 is 1.16 bits per heavy atom. The van der Waals surface area contributed by atoms with Gasteiger partial charge in [-0.15, -0.1) is 0 Å². The van der Waals surface area contributed by atoms with Crippen molar-refractivity contribution >= 4 is 23.1 Å². The molecule has 1 fully saturated rings. The predicted molar refractivity (Wildman–Crippen MR) is 117 cm³/mol. The molecular weight excluding hydrogens is 408 g/mol. The lowest BCUT2D eigenvalue weighted by atomic mass is 9.70. The third-order valence-electron chi connectivity index (χ3n) is 6.61. The maximum absolute atomic E-state index is 13.9. The number of likely N-dealkylation sites (N-methyl/N-ethyl adjacent to an activating group) is 1. The van der Waals surface area contributed by atoms with E-state index >= 15 is 0 Å². The number of anilines is 1. The number of benzene rings is 2. The lowest BCUT2D eigenvalue weighted by molar-refractivity contribution is -0.384. The average Bonchev–Trinajstić information content (AvgIpc) is 3.29. The first-order valence-corrected chi connectivity index (χ1v) is 10.3. The minimum atomic E-state index is -1.22. The third kappa shape index (κ3) is 2.76. The molecule has 3 atom stereocenters. The van der Waals surface area contributed by atoms with E-state index in [0.29, 0.717) is 23.4 Å². The van der Waals surface area contributed by atoms with Crippen LogP contribution in [0.4, 0.5) is 11.4 Å². The lowest BCUT2D eigenvalue weighted by Crippen LogP contribution is -2.51. The Kier molecular flexibility index (Phi) is 4.60. The number of Topliss-reactive ketones (excluding diaryl/α,β-unsaturated/α-hetero) is 1. The number of carbonyl (C=O) groups is 2. The van der Waals surface area contributed by atoms with E-state index < -0.39 is 22.3 Å². The zero-order valence-electron chi connectivity index (χ0n) is 17.3. The molecule has 2 aromatic carbocycles. The van der Waals surface area contributed by atoms with E-state index in [9.17, 15) is 19.7 Å². The molecule has 1 spiro atoms. The standard InChI is InChI=1S/C24H20N4O4/c1-27-14-18(16-5-4-6-17(13-16)28(31)32)21(22(29)15-9-11-25-12-10-15)24(27)19-7-2-3-8-20(19)26-23(24)30/h2-13,18,21H,14H2,1H3,(H,26,30)/t18-,21-,24+/m1/s1. The molecule has 0 bridgehead atoms. The molecule has 8 heteroatoms. The number of nitrogens with zero attached hydrogens (tertiary/aromatic N) is 3. The number of ketones is 1. The molecule has 1 amide bonds. The number of nitrogens with one attached hydrogen (secondary N) is 1. The zero-order valence-corrected chi connectivity index (χ0v) is 17.3. The van der Waals surface area contributed by atoms with Gasteiger partial charge in [-0.1, -0.05) is 30.3 Å². The van der Waals surface area contributed by atoms with Crippen molar-refractivity contribution in [3.63, 3.8) is 0 Å². The third-order valence-corrected chi connectivity index (χ3v) is 6.61. The highest BCUT2D eigenvalue weighted by atomic mass is 16.6. The first-order chi connectivity index (χ1) is 15.4. The summed E-state index contributed by atoms with van der Waals surface area (Å²) >= 11 is 0. The molecule has 0 aliphatic carbocycles. The second-order valence-corrected chi connectivity index (χ2v) is 8.18. The van der Waals surface area contributed by atoms with E-state index in [-0.39, 0.29) is 17.4 Å². The van der Waals surface area contributed by atoms with Gasteiger partial charge in [-0.25, -0.2) is 0 Å². The number of fused-ring (bicyclic) bond motifs is 2. The van der Waals surface area contributed by atoms with Gasteiger partial charge in [0.15, 0.2) is 5.78 Å². The maximum Gasteiger partial charge on any atom is 0.269 e. The SMILES string of the molecule is CN1C[C@H](c2cccc([N+](=O)[O-])c2)[C@H](C(=O)c2ccncc2)[C@@]12C(=O)Nc1ccccc12. The van der Waals surface area contributed by atoms with Crippen LogP contribution in [-0.4, -0.2) is 40.1 Å². The fraction of sp³-hybridized carbons (Fsp3) is 0.208. The molecule has 0 radical (unpaired) electrons. The number of aromatic nitrogens is 1. The lowest BCUT2D eigenvalue weighted by Gasteiger charge is -2.35. The van der Waals surface area contributed by atoms with Gasteiger partial charge in [0, 0.05) is 53.8 Å². The zero-order chi connectivity index (χ0) is 22.5. The van der Waals surface area contributed by atoms with Crippen molar-refractivity contribution in [2.24, 2.45) is 5.92 Å². The molecule has 0 unspecified atom stereocenters. The Hall–Kier alpha value is -3.91. The normalized spacial score (nSPS) is 24.3. The number of hydrogen-bond acceptors (Lipinski definition) is 6. The number of nitro groups is 1. The van der Waals surface area contributed by atoms with Gasteiger partial charge in [0.2, 0.25) is 5.91 Å². The first-order valence-electron chi connectivity index (χ1n) is 10.3. The van der Waals surface area contributed by atoms with Crippen molar-refractivity contribution in [2.45, 2.75) is 11.5 Å². The van der Waals surface area contributed by atoms with Crippen LogP contribution in [0.15, 0.2) is 73.1 Å². The van der Waals surface area contributed by atoms with Crippen molar-refractivity contribution in [3.05, 3.63) is 99.9 Å². The number of carbonyl (C=O) groups excluding carboxylic acids is 2. The van der Waals surface area contributed by atoms with Gasteiger partial charge in [-0.3, -0.25) is 29.6 Å². The molecule has 0 saturated carbocycles. The minimum Gasteiger partial charge on any atom is -0.324 e. The van der Waals surface area contributed by atoms with Gasteiger partial charge in [-0.05, 0) is 30.8 Å². The van der Waals surface area contributed by atoms with E-state index in [2.05, 4.69) is 10.3 Å². The summed E-state index contributed by atoms with van der Waals surface area (Å²) in [5, 5.41) is 14.3. The highest BCUT2D eigenvalue weighted by Crippen LogP contribution is 2.55. The Balaban J connectivity index is 1.73. The van der Waals surface area contributed by atoms with E-state index in [1.54, 1.807) is 36.7 Å². The van der Waals surface area contributed by atoms with Gasteiger partial charge < -0.3 is 5.32 Å². The minimum absolute atomic E-state index is 0.0440. The largest absolute Gasteiger partial charge is 0.324 e. The van der Waals surface area contributed by atoms with Crippen molar-refractivity contribution < 1.29 is 14.5 Å². The van der Waals surface area contributed by atoms with Gasteiger partial charge in [0.05, 0.1) is 10.8 Å². The summed E-state index contributed by atoms with van der Waals surface area (Å²) in [7, 11) is 1.83.